The van der Waals surface area contributed by atoms with Crippen molar-refractivity contribution in [3.8, 4) is 0 Å². The topological polar surface area (TPSA) is 49.4 Å². The van der Waals surface area contributed by atoms with Gasteiger partial charge in [0, 0.05) is 23.9 Å². The molecule has 0 aliphatic heterocycles. The zero-order chi connectivity index (χ0) is 23.6. The summed E-state index contributed by atoms with van der Waals surface area (Å²) in [5.74, 6) is 0.100. The van der Waals surface area contributed by atoms with E-state index >= 15 is 0 Å². The number of amides is 2. The van der Waals surface area contributed by atoms with E-state index in [4.69, 9.17) is 0 Å². The lowest BCUT2D eigenvalue weighted by Crippen LogP contribution is -2.52. The summed E-state index contributed by atoms with van der Waals surface area (Å²) in [6.45, 7) is 6.31. The van der Waals surface area contributed by atoms with Crippen LogP contribution in [0.3, 0.4) is 0 Å². The first-order chi connectivity index (χ1) is 15.9. The van der Waals surface area contributed by atoms with Crippen molar-refractivity contribution in [3.63, 3.8) is 0 Å². The summed E-state index contributed by atoms with van der Waals surface area (Å²) in [5.41, 5.74) is 3.18. The van der Waals surface area contributed by atoms with Gasteiger partial charge in [0.1, 0.15) is 6.04 Å². The van der Waals surface area contributed by atoms with Gasteiger partial charge in [0.25, 0.3) is 0 Å². The normalized spacial score (nSPS) is 11.8. The van der Waals surface area contributed by atoms with Gasteiger partial charge in [-0.25, -0.2) is 0 Å². The van der Waals surface area contributed by atoms with Gasteiger partial charge in [-0.1, -0.05) is 72.8 Å². The summed E-state index contributed by atoms with van der Waals surface area (Å²) in [6, 6.07) is 27.2. The molecular formula is C28H32N2O2S. The van der Waals surface area contributed by atoms with E-state index in [-0.39, 0.29) is 23.6 Å². The van der Waals surface area contributed by atoms with Crippen LogP contribution in [0.5, 0.6) is 0 Å². The lowest BCUT2D eigenvalue weighted by Gasteiger charge is -2.32. The molecule has 0 saturated heterocycles. The number of benzene rings is 3. The maximum absolute atomic E-state index is 13.6. The van der Waals surface area contributed by atoms with E-state index in [1.165, 1.54) is 11.8 Å². The molecule has 0 bridgehead atoms. The van der Waals surface area contributed by atoms with Crippen LogP contribution in [0.1, 0.15) is 30.5 Å². The highest BCUT2D eigenvalue weighted by Crippen LogP contribution is 2.21. The maximum Gasteiger partial charge on any atom is 0.243 e. The van der Waals surface area contributed by atoms with E-state index < -0.39 is 6.04 Å². The molecule has 3 rings (SSSR count). The summed E-state index contributed by atoms with van der Waals surface area (Å²) in [4.78, 5) is 29.7. The van der Waals surface area contributed by atoms with Crippen LogP contribution in [-0.4, -0.2) is 34.6 Å². The third-order valence-corrected chi connectivity index (χ3v) is 6.41. The van der Waals surface area contributed by atoms with Crippen LogP contribution in [0.25, 0.3) is 0 Å². The molecule has 0 fully saturated rings. The van der Waals surface area contributed by atoms with Crippen molar-refractivity contribution in [2.45, 2.75) is 50.7 Å². The monoisotopic (exact) mass is 460 g/mol. The molecule has 3 aromatic rings. The molecule has 172 valence electrons. The quantitative estimate of drug-likeness (QED) is 0.420. The van der Waals surface area contributed by atoms with Gasteiger partial charge in [0.05, 0.1) is 5.75 Å². The zero-order valence-corrected chi connectivity index (χ0v) is 20.3. The van der Waals surface area contributed by atoms with Crippen molar-refractivity contribution in [2.24, 2.45) is 0 Å². The molecule has 0 heterocycles. The molecule has 5 heteroatoms. The Morgan fingerprint density at radius 3 is 2.12 bits per heavy atom. The zero-order valence-electron chi connectivity index (χ0n) is 19.5. The molecule has 0 aliphatic carbocycles. The third kappa shape index (κ3) is 7.50. The number of carbonyl (C=O) groups excluding carboxylic acids is 2. The van der Waals surface area contributed by atoms with Crippen LogP contribution >= 0.6 is 11.8 Å². The Morgan fingerprint density at radius 2 is 1.48 bits per heavy atom. The second-order valence-electron chi connectivity index (χ2n) is 8.42. The van der Waals surface area contributed by atoms with Gasteiger partial charge < -0.3 is 10.2 Å². The number of aryl methyl sites for hydroxylation is 1. The SMILES string of the molecule is Cc1ccccc1CN(C(=O)CSc1ccccc1)C(Cc1ccccc1)C(=O)NC(C)C. The van der Waals surface area contributed by atoms with E-state index in [1.54, 1.807) is 4.90 Å². The van der Waals surface area contributed by atoms with Gasteiger partial charge in [0.15, 0.2) is 0 Å². The first-order valence-electron chi connectivity index (χ1n) is 11.3. The highest BCUT2D eigenvalue weighted by Gasteiger charge is 2.30. The van der Waals surface area contributed by atoms with Crippen molar-refractivity contribution < 1.29 is 9.59 Å². The summed E-state index contributed by atoms with van der Waals surface area (Å²) < 4.78 is 0. The van der Waals surface area contributed by atoms with Crippen LogP contribution in [0, 0.1) is 6.92 Å². The number of hydrogen-bond donors (Lipinski definition) is 1. The fraction of sp³-hybridized carbons (Fsp3) is 0.286. The van der Waals surface area contributed by atoms with Gasteiger partial charge in [0.2, 0.25) is 11.8 Å². The summed E-state index contributed by atoms with van der Waals surface area (Å²) in [6.07, 6.45) is 0.465. The van der Waals surface area contributed by atoms with Crippen LogP contribution in [0.15, 0.2) is 89.8 Å². The molecule has 0 radical (unpaired) electrons. The highest BCUT2D eigenvalue weighted by atomic mass is 32.2. The van der Waals surface area contributed by atoms with Gasteiger partial charge in [-0.3, -0.25) is 9.59 Å². The average Bonchev–Trinajstić information content (AvgIpc) is 2.81. The molecule has 0 aliphatic rings. The third-order valence-electron chi connectivity index (χ3n) is 5.41. The number of thioether (sulfide) groups is 1. The summed E-state index contributed by atoms with van der Waals surface area (Å²) >= 11 is 1.50. The number of nitrogens with zero attached hydrogens (tertiary/aromatic N) is 1. The molecule has 3 aromatic carbocycles. The fourth-order valence-electron chi connectivity index (χ4n) is 3.65. The Morgan fingerprint density at radius 1 is 0.879 bits per heavy atom. The lowest BCUT2D eigenvalue weighted by atomic mass is 10.0. The molecule has 1 unspecified atom stereocenters. The van der Waals surface area contributed by atoms with Gasteiger partial charge >= 0.3 is 0 Å². The Hall–Kier alpha value is -3.05. The van der Waals surface area contributed by atoms with Crippen molar-refractivity contribution >= 4 is 23.6 Å². The molecule has 1 N–H and O–H groups in total. The Balaban J connectivity index is 1.91. The van der Waals surface area contributed by atoms with Gasteiger partial charge in [-0.05, 0) is 49.6 Å². The number of hydrogen-bond acceptors (Lipinski definition) is 3. The highest BCUT2D eigenvalue weighted by molar-refractivity contribution is 8.00. The van der Waals surface area contributed by atoms with E-state index in [0.29, 0.717) is 13.0 Å². The number of carbonyl (C=O) groups is 2. The smallest absolute Gasteiger partial charge is 0.243 e. The predicted octanol–water partition coefficient (Wildman–Crippen LogP) is 5.25. The average molecular weight is 461 g/mol. The van der Waals surface area contributed by atoms with Crippen LogP contribution < -0.4 is 5.32 Å². The minimum atomic E-state index is -0.599. The van der Waals surface area contributed by atoms with Crippen molar-refractivity contribution in [3.05, 3.63) is 102 Å². The second kappa shape index (κ2) is 12.3. The van der Waals surface area contributed by atoms with Crippen LogP contribution in [0.4, 0.5) is 0 Å². The Labute approximate surface area is 201 Å². The van der Waals surface area contributed by atoms with Crippen molar-refractivity contribution in [1.29, 1.82) is 0 Å². The molecule has 1 atom stereocenters. The van der Waals surface area contributed by atoms with Crippen molar-refractivity contribution in [1.82, 2.24) is 10.2 Å². The van der Waals surface area contributed by atoms with Crippen LogP contribution in [-0.2, 0) is 22.6 Å². The van der Waals surface area contributed by atoms with Gasteiger partial charge in [-0.2, -0.15) is 0 Å². The molecule has 0 aromatic heterocycles. The molecule has 0 saturated carbocycles. The van der Waals surface area contributed by atoms with Gasteiger partial charge in [-0.15, -0.1) is 11.8 Å². The van der Waals surface area contributed by atoms with Crippen molar-refractivity contribution in [2.75, 3.05) is 5.75 Å². The summed E-state index contributed by atoms with van der Waals surface area (Å²) in [5, 5.41) is 3.03. The number of nitrogens with one attached hydrogen (secondary N) is 1. The minimum Gasteiger partial charge on any atom is -0.352 e. The van der Waals surface area contributed by atoms with E-state index in [2.05, 4.69) is 5.32 Å². The largest absolute Gasteiger partial charge is 0.352 e. The first-order valence-corrected chi connectivity index (χ1v) is 12.3. The Kier molecular flexibility index (Phi) is 9.14. The maximum atomic E-state index is 13.6. The van der Waals surface area contributed by atoms with Crippen LogP contribution in [0.2, 0.25) is 0 Å². The standard InChI is InChI=1S/C28H32N2O2S/c1-21(2)29-28(32)26(18-23-13-6-4-7-14-23)30(19-24-15-11-10-12-22(24)3)27(31)20-33-25-16-8-5-9-17-25/h4-17,21,26H,18-20H2,1-3H3,(H,29,32). The molecule has 2 amide bonds. The number of rotatable bonds is 10. The molecule has 4 nitrogen and oxygen atoms in total. The lowest BCUT2D eigenvalue weighted by molar-refractivity contribution is -0.139. The van der Waals surface area contributed by atoms with E-state index in [9.17, 15) is 9.59 Å². The predicted molar refractivity (Wildman–Crippen MR) is 136 cm³/mol. The molecular weight excluding hydrogens is 428 g/mol. The summed E-state index contributed by atoms with van der Waals surface area (Å²) in [7, 11) is 0. The molecule has 0 spiro atoms. The minimum absolute atomic E-state index is 0.00937. The first kappa shape index (κ1) is 24.6. The Bertz CT molecular complexity index is 1040. The van der Waals surface area contributed by atoms with E-state index in [1.807, 2.05) is 106 Å². The van der Waals surface area contributed by atoms with E-state index in [0.717, 1.165) is 21.6 Å². The molecule has 33 heavy (non-hydrogen) atoms. The second-order valence-corrected chi connectivity index (χ2v) is 9.47. The fourth-order valence-corrected chi connectivity index (χ4v) is 4.46.